The number of hydrogen-bond donors (Lipinski definition) is 0. The molecule has 0 fully saturated rings. The number of carbonyl (C=O) groups excluding carboxylic acids is 1. The van der Waals surface area contributed by atoms with E-state index in [4.69, 9.17) is 0 Å². The van der Waals surface area contributed by atoms with Crippen LogP contribution in [0.25, 0.3) is 5.69 Å². The van der Waals surface area contributed by atoms with Gasteiger partial charge in [0.05, 0.1) is 0 Å². The number of halogens is 1. The first kappa shape index (κ1) is 9.65. The average Bonchev–Trinajstić information content (AvgIpc) is 2.60. The van der Waals surface area contributed by atoms with Crippen molar-refractivity contribution in [2.75, 3.05) is 0 Å². The standard InChI is InChI=1S/C12H10FNO/c1-9-6-14(7-10(9)8-15)12-4-2-3-11(13)5-12/h2-8H,1H3. The summed E-state index contributed by atoms with van der Waals surface area (Å²) in [7, 11) is 0. The summed E-state index contributed by atoms with van der Waals surface area (Å²) in [6.45, 7) is 1.85. The van der Waals surface area contributed by atoms with E-state index in [-0.39, 0.29) is 5.82 Å². The molecule has 0 amide bonds. The van der Waals surface area contributed by atoms with Gasteiger partial charge in [0, 0.05) is 23.6 Å². The summed E-state index contributed by atoms with van der Waals surface area (Å²) in [4.78, 5) is 10.7. The number of aldehydes is 1. The molecule has 0 bridgehead atoms. The van der Waals surface area contributed by atoms with Crippen molar-refractivity contribution in [2.24, 2.45) is 0 Å². The van der Waals surface area contributed by atoms with E-state index in [0.717, 1.165) is 11.8 Å². The molecule has 0 aliphatic carbocycles. The zero-order valence-electron chi connectivity index (χ0n) is 8.27. The SMILES string of the molecule is Cc1cn(-c2cccc(F)c2)cc1C=O. The second-order valence-corrected chi connectivity index (χ2v) is 3.40. The first-order valence-electron chi connectivity index (χ1n) is 4.60. The third kappa shape index (κ3) is 1.81. The normalized spacial score (nSPS) is 10.3. The molecule has 0 saturated heterocycles. The van der Waals surface area contributed by atoms with Crippen molar-refractivity contribution in [3.05, 3.63) is 53.6 Å². The van der Waals surface area contributed by atoms with Crippen LogP contribution in [0.1, 0.15) is 15.9 Å². The molecule has 1 aromatic carbocycles. The molecule has 0 radical (unpaired) electrons. The maximum absolute atomic E-state index is 13.0. The second-order valence-electron chi connectivity index (χ2n) is 3.40. The molecule has 1 heterocycles. The predicted molar refractivity (Wildman–Crippen MR) is 55.9 cm³/mol. The van der Waals surface area contributed by atoms with Crippen LogP contribution in [-0.4, -0.2) is 10.9 Å². The lowest BCUT2D eigenvalue weighted by Gasteiger charge is -2.01. The van der Waals surface area contributed by atoms with Crippen LogP contribution in [0.2, 0.25) is 0 Å². The van der Waals surface area contributed by atoms with E-state index in [1.807, 2.05) is 6.92 Å². The predicted octanol–water partition coefficient (Wildman–Crippen LogP) is 2.74. The van der Waals surface area contributed by atoms with Crippen molar-refractivity contribution >= 4 is 6.29 Å². The number of rotatable bonds is 2. The molecule has 2 nitrogen and oxygen atoms in total. The molecule has 1 aromatic heterocycles. The van der Waals surface area contributed by atoms with Crippen molar-refractivity contribution in [1.82, 2.24) is 4.57 Å². The fraction of sp³-hybridized carbons (Fsp3) is 0.0833. The molecule has 0 atom stereocenters. The third-order valence-electron chi connectivity index (χ3n) is 2.30. The van der Waals surface area contributed by atoms with Crippen LogP contribution >= 0.6 is 0 Å². The van der Waals surface area contributed by atoms with Gasteiger partial charge in [0.25, 0.3) is 0 Å². The zero-order valence-corrected chi connectivity index (χ0v) is 8.27. The highest BCUT2D eigenvalue weighted by molar-refractivity contribution is 5.77. The van der Waals surface area contributed by atoms with Crippen LogP contribution in [0.15, 0.2) is 36.7 Å². The molecule has 0 saturated carbocycles. The molecule has 0 N–H and O–H groups in total. The number of benzene rings is 1. The minimum atomic E-state index is -0.286. The van der Waals surface area contributed by atoms with E-state index in [1.165, 1.54) is 12.1 Å². The van der Waals surface area contributed by atoms with Gasteiger partial charge in [-0.3, -0.25) is 4.79 Å². The van der Waals surface area contributed by atoms with E-state index < -0.39 is 0 Å². The number of nitrogens with zero attached hydrogens (tertiary/aromatic N) is 1. The Morgan fingerprint density at radius 3 is 2.73 bits per heavy atom. The van der Waals surface area contributed by atoms with Crippen molar-refractivity contribution in [3.63, 3.8) is 0 Å². The summed E-state index contributed by atoms with van der Waals surface area (Å²) in [6, 6.07) is 6.24. The lowest BCUT2D eigenvalue weighted by molar-refractivity contribution is 0.112. The first-order chi connectivity index (χ1) is 7.20. The van der Waals surface area contributed by atoms with Crippen molar-refractivity contribution in [3.8, 4) is 5.69 Å². The Bertz CT molecular complexity index is 502. The monoisotopic (exact) mass is 203 g/mol. The zero-order chi connectivity index (χ0) is 10.8. The van der Waals surface area contributed by atoms with Gasteiger partial charge in [0.1, 0.15) is 5.82 Å². The van der Waals surface area contributed by atoms with Gasteiger partial charge >= 0.3 is 0 Å². The van der Waals surface area contributed by atoms with Crippen molar-refractivity contribution < 1.29 is 9.18 Å². The molecule has 76 valence electrons. The fourth-order valence-corrected chi connectivity index (χ4v) is 1.48. The van der Waals surface area contributed by atoms with Gasteiger partial charge < -0.3 is 4.57 Å². The summed E-state index contributed by atoms with van der Waals surface area (Å²) in [5.74, 6) is -0.286. The molecular formula is C12H10FNO. The Morgan fingerprint density at radius 2 is 2.13 bits per heavy atom. The smallest absolute Gasteiger partial charge is 0.151 e. The Labute approximate surface area is 87.0 Å². The molecule has 2 rings (SSSR count). The summed E-state index contributed by atoms with van der Waals surface area (Å²) >= 11 is 0. The van der Waals surface area contributed by atoms with Crippen LogP contribution in [-0.2, 0) is 0 Å². The van der Waals surface area contributed by atoms with Crippen LogP contribution in [0.3, 0.4) is 0 Å². The molecule has 0 unspecified atom stereocenters. The van der Waals surface area contributed by atoms with Gasteiger partial charge in [-0.1, -0.05) is 6.07 Å². The molecular weight excluding hydrogens is 193 g/mol. The summed E-state index contributed by atoms with van der Waals surface area (Å²) in [6.07, 6.45) is 4.29. The largest absolute Gasteiger partial charge is 0.323 e. The maximum atomic E-state index is 13.0. The molecule has 0 aliphatic rings. The van der Waals surface area contributed by atoms with Gasteiger partial charge in [0.2, 0.25) is 0 Å². The minimum Gasteiger partial charge on any atom is -0.323 e. The van der Waals surface area contributed by atoms with Gasteiger partial charge in [-0.25, -0.2) is 4.39 Å². The molecule has 15 heavy (non-hydrogen) atoms. The highest BCUT2D eigenvalue weighted by Crippen LogP contribution is 2.14. The maximum Gasteiger partial charge on any atom is 0.151 e. The van der Waals surface area contributed by atoms with E-state index >= 15 is 0 Å². The third-order valence-corrected chi connectivity index (χ3v) is 2.30. The number of aromatic nitrogens is 1. The quantitative estimate of drug-likeness (QED) is 0.688. The minimum absolute atomic E-state index is 0.286. The topological polar surface area (TPSA) is 22.0 Å². The highest BCUT2D eigenvalue weighted by Gasteiger charge is 2.03. The van der Waals surface area contributed by atoms with E-state index in [0.29, 0.717) is 11.3 Å². The Morgan fingerprint density at radius 1 is 1.33 bits per heavy atom. The van der Waals surface area contributed by atoms with Crippen LogP contribution in [0, 0.1) is 12.7 Å². The van der Waals surface area contributed by atoms with E-state index in [9.17, 15) is 9.18 Å². The second kappa shape index (κ2) is 3.69. The van der Waals surface area contributed by atoms with Gasteiger partial charge in [-0.05, 0) is 30.7 Å². The lowest BCUT2D eigenvalue weighted by Crippen LogP contribution is -1.90. The van der Waals surface area contributed by atoms with Gasteiger partial charge in [0.15, 0.2) is 6.29 Å². The fourth-order valence-electron chi connectivity index (χ4n) is 1.48. The summed E-state index contributed by atoms with van der Waals surface area (Å²) < 4.78 is 14.7. The first-order valence-corrected chi connectivity index (χ1v) is 4.60. The van der Waals surface area contributed by atoms with Crippen LogP contribution < -0.4 is 0 Å². The van der Waals surface area contributed by atoms with E-state index in [1.54, 1.807) is 29.1 Å². The lowest BCUT2D eigenvalue weighted by atomic mass is 10.2. The summed E-state index contributed by atoms with van der Waals surface area (Å²) in [5, 5.41) is 0. The van der Waals surface area contributed by atoms with Crippen LogP contribution in [0.4, 0.5) is 4.39 Å². The average molecular weight is 203 g/mol. The van der Waals surface area contributed by atoms with Gasteiger partial charge in [-0.2, -0.15) is 0 Å². The molecule has 2 aromatic rings. The number of aryl methyl sites for hydroxylation is 1. The molecule has 0 aliphatic heterocycles. The molecule has 3 heteroatoms. The number of hydrogen-bond acceptors (Lipinski definition) is 1. The molecule has 0 spiro atoms. The van der Waals surface area contributed by atoms with Crippen molar-refractivity contribution in [2.45, 2.75) is 6.92 Å². The van der Waals surface area contributed by atoms with Gasteiger partial charge in [-0.15, -0.1) is 0 Å². The Kier molecular flexibility index (Phi) is 2.37. The summed E-state index contributed by atoms with van der Waals surface area (Å²) in [5.41, 5.74) is 2.22. The van der Waals surface area contributed by atoms with Crippen molar-refractivity contribution in [1.29, 1.82) is 0 Å². The van der Waals surface area contributed by atoms with E-state index in [2.05, 4.69) is 0 Å². The Hall–Kier alpha value is -1.90. The van der Waals surface area contributed by atoms with Crippen LogP contribution in [0.5, 0.6) is 0 Å². The Balaban J connectivity index is 2.49. The number of carbonyl (C=O) groups is 1. The highest BCUT2D eigenvalue weighted by atomic mass is 19.1.